The van der Waals surface area contributed by atoms with E-state index in [0.717, 1.165) is 38.5 Å². The van der Waals surface area contributed by atoms with Gasteiger partial charge >= 0.3 is 0 Å². The molecule has 5 nitrogen and oxygen atoms in total. The third-order valence-electron chi connectivity index (χ3n) is 1.98. The lowest BCUT2D eigenvalue weighted by Gasteiger charge is -2.25. The Morgan fingerprint density at radius 1 is 1.46 bits per heavy atom. The molecule has 1 aromatic heterocycles. The van der Waals surface area contributed by atoms with Crippen LogP contribution in [0.3, 0.4) is 0 Å². The molecule has 13 heavy (non-hydrogen) atoms. The second-order valence-corrected chi connectivity index (χ2v) is 2.87. The Bertz CT molecular complexity index is 222. The summed E-state index contributed by atoms with van der Waals surface area (Å²) in [5.74, 6) is 0.775. The summed E-state index contributed by atoms with van der Waals surface area (Å²) in [7, 11) is 0. The van der Waals surface area contributed by atoms with Gasteiger partial charge in [0.25, 0.3) is 0 Å². The number of piperazine rings is 1. The maximum Gasteiger partial charge on any atom is 0.213 e. The van der Waals surface area contributed by atoms with Crippen molar-refractivity contribution in [3.05, 3.63) is 12.2 Å². The molecule has 0 bridgehead atoms. The Morgan fingerprint density at radius 2 is 2.23 bits per heavy atom. The van der Waals surface area contributed by atoms with Crippen LogP contribution in [0.2, 0.25) is 0 Å². The quantitative estimate of drug-likeness (QED) is 0.729. The first kappa shape index (κ1) is 10.4. The third-order valence-corrected chi connectivity index (χ3v) is 1.98. The topological polar surface area (TPSA) is 54.2 Å². The minimum atomic E-state index is 0. The number of aromatic nitrogens is 2. The van der Waals surface area contributed by atoms with E-state index >= 15 is 0 Å². The SMILES string of the molecule is Cl.c1nc(CN2CCNCC2)no1. The Morgan fingerprint density at radius 3 is 2.85 bits per heavy atom. The number of halogens is 1. The molecule has 2 rings (SSSR count). The van der Waals surface area contributed by atoms with Crippen LogP contribution in [0.1, 0.15) is 5.82 Å². The van der Waals surface area contributed by atoms with Gasteiger partial charge in [0.1, 0.15) is 0 Å². The van der Waals surface area contributed by atoms with E-state index in [1.807, 2.05) is 0 Å². The van der Waals surface area contributed by atoms with E-state index < -0.39 is 0 Å². The maximum atomic E-state index is 4.65. The number of hydrogen-bond donors (Lipinski definition) is 1. The Balaban J connectivity index is 0.000000845. The van der Waals surface area contributed by atoms with Crippen LogP contribution < -0.4 is 5.32 Å². The average molecular weight is 205 g/mol. The summed E-state index contributed by atoms with van der Waals surface area (Å²) in [5, 5.41) is 7.05. The van der Waals surface area contributed by atoms with Crippen molar-refractivity contribution in [2.24, 2.45) is 0 Å². The molecule has 1 fully saturated rings. The monoisotopic (exact) mass is 204 g/mol. The summed E-state index contributed by atoms with van der Waals surface area (Å²) in [5.41, 5.74) is 0. The van der Waals surface area contributed by atoms with Gasteiger partial charge in [0.15, 0.2) is 5.82 Å². The lowest BCUT2D eigenvalue weighted by molar-refractivity contribution is 0.225. The Labute approximate surface area is 82.9 Å². The summed E-state index contributed by atoms with van der Waals surface area (Å²) >= 11 is 0. The predicted molar refractivity (Wildman–Crippen MR) is 49.7 cm³/mol. The molecular weight excluding hydrogens is 192 g/mol. The molecule has 1 aliphatic heterocycles. The lowest BCUT2D eigenvalue weighted by Crippen LogP contribution is -2.43. The van der Waals surface area contributed by atoms with Crippen molar-refractivity contribution in [1.82, 2.24) is 20.4 Å². The summed E-state index contributed by atoms with van der Waals surface area (Å²) < 4.78 is 4.65. The highest BCUT2D eigenvalue weighted by Gasteiger charge is 2.11. The highest BCUT2D eigenvalue weighted by atomic mass is 35.5. The fourth-order valence-corrected chi connectivity index (χ4v) is 1.33. The second-order valence-electron chi connectivity index (χ2n) is 2.87. The fourth-order valence-electron chi connectivity index (χ4n) is 1.33. The largest absolute Gasteiger partial charge is 0.343 e. The molecule has 0 atom stereocenters. The molecule has 1 saturated heterocycles. The van der Waals surface area contributed by atoms with Gasteiger partial charge in [0.05, 0.1) is 6.54 Å². The molecule has 0 unspecified atom stereocenters. The van der Waals surface area contributed by atoms with Gasteiger partial charge in [0.2, 0.25) is 6.39 Å². The van der Waals surface area contributed by atoms with Crippen LogP contribution in [0.4, 0.5) is 0 Å². The van der Waals surface area contributed by atoms with Gasteiger partial charge in [-0.3, -0.25) is 4.90 Å². The molecule has 0 radical (unpaired) electrons. The normalized spacial score (nSPS) is 18.2. The first-order valence-electron chi connectivity index (χ1n) is 4.13. The van der Waals surface area contributed by atoms with Crippen molar-refractivity contribution < 1.29 is 4.52 Å². The van der Waals surface area contributed by atoms with E-state index in [1.54, 1.807) is 0 Å². The summed E-state index contributed by atoms with van der Waals surface area (Å²) in [4.78, 5) is 6.28. The van der Waals surface area contributed by atoms with Crippen LogP contribution in [-0.4, -0.2) is 41.2 Å². The molecule has 0 aromatic carbocycles. The van der Waals surface area contributed by atoms with Gasteiger partial charge < -0.3 is 9.84 Å². The van der Waals surface area contributed by atoms with Crippen LogP contribution in [0.15, 0.2) is 10.9 Å². The molecule has 1 N–H and O–H groups in total. The van der Waals surface area contributed by atoms with Gasteiger partial charge in [-0.25, -0.2) is 0 Å². The van der Waals surface area contributed by atoms with Crippen molar-refractivity contribution in [2.75, 3.05) is 26.2 Å². The summed E-state index contributed by atoms with van der Waals surface area (Å²) in [6.45, 7) is 5.04. The number of rotatable bonds is 2. The number of hydrogen-bond acceptors (Lipinski definition) is 5. The van der Waals surface area contributed by atoms with Crippen LogP contribution in [-0.2, 0) is 6.54 Å². The van der Waals surface area contributed by atoms with Crippen molar-refractivity contribution in [3.8, 4) is 0 Å². The molecule has 1 aromatic rings. The summed E-state index contributed by atoms with van der Waals surface area (Å²) in [6, 6.07) is 0. The molecule has 0 aliphatic carbocycles. The standard InChI is InChI=1S/C7H12N4O.ClH/c1-3-11(4-2-8-1)5-7-9-6-12-10-7;/h6,8H,1-5H2;1H. The minimum absolute atomic E-state index is 0. The van der Waals surface area contributed by atoms with E-state index in [-0.39, 0.29) is 12.4 Å². The Kier molecular flexibility index (Phi) is 4.14. The minimum Gasteiger partial charge on any atom is -0.343 e. The Hall–Kier alpha value is -0.650. The molecule has 1 aliphatic rings. The van der Waals surface area contributed by atoms with Gasteiger partial charge in [-0.05, 0) is 0 Å². The zero-order valence-corrected chi connectivity index (χ0v) is 8.09. The van der Waals surface area contributed by atoms with Gasteiger partial charge in [-0.1, -0.05) is 5.16 Å². The number of nitrogens with one attached hydrogen (secondary N) is 1. The van der Waals surface area contributed by atoms with Crippen molar-refractivity contribution in [3.63, 3.8) is 0 Å². The first-order valence-corrected chi connectivity index (χ1v) is 4.13. The lowest BCUT2D eigenvalue weighted by atomic mass is 10.3. The van der Waals surface area contributed by atoms with E-state index in [1.165, 1.54) is 6.39 Å². The van der Waals surface area contributed by atoms with Crippen molar-refractivity contribution in [1.29, 1.82) is 0 Å². The fraction of sp³-hybridized carbons (Fsp3) is 0.714. The maximum absolute atomic E-state index is 4.65. The van der Waals surface area contributed by atoms with Gasteiger partial charge in [-0.2, -0.15) is 4.98 Å². The van der Waals surface area contributed by atoms with Crippen molar-refractivity contribution >= 4 is 12.4 Å². The molecule has 0 spiro atoms. The van der Waals surface area contributed by atoms with Gasteiger partial charge in [-0.15, -0.1) is 12.4 Å². The van der Waals surface area contributed by atoms with Crippen molar-refractivity contribution in [2.45, 2.75) is 6.54 Å². The highest BCUT2D eigenvalue weighted by Crippen LogP contribution is 1.98. The summed E-state index contributed by atoms with van der Waals surface area (Å²) in [6.07, 6.45) is 1.37. The molecule has 0 saturated carbocycles. The molecular formula is C7H13ClN4O. The zero-order chi connectivity index (χ0) is 8.23. The van der Waals surface area contributed by atoms with Crippen LogP contribution in [0.25, 0.3) is 0 Å². The van der Waals surface area contributed by atoms with Crippen LogP contribution in [0.5, 0.6) is 0 Å². The molecule has 6 heteroatoms. The first-order chi connectivity index (χ1) is 5.95. The van der Waals surface area contributed by atoms with E-state index in [2.05, 4.69) is 24.9 Å². The molecule has 74 valence electrons. The second kappa shape index (κ2) is 5.16. The average Bonchev–Trinajstić information content (AvgIpc) is 2.59. The predicted octanol–water partition coefficient (Wildman–Crippen LogP) is -0.103. The van der Waals surface area contributed by atoms with Crippen LogP contribution >= 0.6 is 12.4 Å². The van der Waals surface area contributed by atoms with E-state index in [0.29, 0.717) is 0 Å². The van der Waals surface area contributed by atoms with Crippen LogP contribution in [0, 0.1) is 0 Å². The molecule has 0 amide bonds. The highest BCUT2D eigenvalue weighted by molar-refractivity contribution is 5.85. The van der Waals surface area contributed by atoms with E-state index in [4.69, 9.17) is 0 Å². The van der Waals surface area contributed by atoms with E-state index in [9.17, 15) is 0 Å². The third kappa shape index (κ3) is 2.95. The smallest absolute Gasteiger partial charge is 0.213 e. The molecule has 2 heterocycles. The number of nitrogens with zero attached hydrogens (tertiary/aromatic N) is 3. The zero-order valence-electron chi connectivity index (χ0n) is 7.27. The van der Waals surface area contributed by atoms with Gasteiger partial charge in [0, 0.05) is 26.2 Å².